The number of pyridine rings is 2. The number of methoxy groups -OCH3 is 1. The zero-order chi connectivity index (χ0) is 57.3. The molecule has 4 aromatic rings. The predicted octanol–water partition coefficient (Wildman–Crippen LogP) is 6.03. The van der Waals surface area contributed by atoms with Gasteiger partial charge in [0.1, 0.15) is 34.7 Å². The first-order valence-electron chi connectivity index (χ1n) is 24.3. The topological polar surface area (TPSA) is 200 Å². The summed E-state index contributed by atoms with van der Waals surface area (Å²) in [6.07, 6.45) is -16.0. The molecule has 17 nitrogen and oxygen atoms in total. The van der Waals surface area contributed by atoms with Crippen LogP contribution < -0.4 is 26.3 Å². The first-order valence-corrected chi connectivity index (χ1v) is 24.3. The second-order valence-corrected chi connectivity index (χ2v) is 19.6. The molecule has 422 valence electrons. The normalized spacial score (nSPS) is 16.1. The molecule has 2 aromatic heterocycles. The summed E-state index contributed by atoms with van der Waals surface area (Å²) >= 11 is 0. The third kappa shape index (κ3) is 14.9. The number of hydrogen-bond donors (Lipinski definition) is 5. The first kappa shape index (κ1) is 60.0. The van der Waals surface area contributed by atoms with Gasteiger partial charge in [0.15, 0.2) is 6.10 Å². The number of ether oxygens (including phenoxy) is 3. The number of anilines is 1. The van der Waals surface area contributed by atoms with Gasteiger partial charge in [-0.15, -0.1) is 0 Å². The molecule has 2 aliphatic rings. The number of alkyl halides is 6. The molecule has 4 amide bonds. The average Bonchev–Trinajstić information content (AvgIpc) is 3.43. The Morgan fingerprint density at radius 1 is 0.808 bits per heavy atom. The molecule has 0 spiro atoms. The summed E-state index contributed by atoms with van der Waals surface area (Å²) in [7, 11) is 1.81. The van der Waals surface area contributed by atoms with Crippen molar-refractivity contribution in [1.29, 1.82) is 0 Å². The summed E-state index contributed by atoms with van der Waals surface area (Å²) in [5.74, 6) is 0.00422. The van der Waals surface area contributed by atoms with Crippen molar-refractivity contribution in [3.63, 3.8) is 0 Å². The van der Waals surface area contributed by atoms with Gasteiger partial charge in [0.05, 0.1) is 49.6 Å². The van der Waals surface area contributed by atoms with Crippen LogP contribution in [-0.4, -0.2) is 152 Å². The standard InChI is InChI=1S/C52H58F9N9O8/c1-49(2,51(56,57)58)43(66-48(75)76-6)45(72)65-40(21-31-10-7-30(8-11-31)9-12-32-13-14-42(64-25-32)69-19-17-68(18-20-69)35-28-77-29-35)41(71)27-70(67-46(73)44(78-47(74)62-5)50(3,4)52(59,60)61)26-36-37(54)22-33(23-38(36)55)39-24-34(53)15-16-63-39/h7-8,10-11,13-16,22-25,35,40-41,43-44,71H,17-21,26-29H2,1-6H3,(H,62,74)(H,65,72)(H,66,75)(H,67,73)/t40-,41-,43+,44+/m0/s1. The van der Waals surface area contributed by atoms with Crippen LogP contribution in [0.3, 0.4) is 0 Å². The zero-order valence-corrected chi connectivity index (χ0v) is 43.1. The molecule has 4 heterocycles. The third-order valence-corrected chi connectivity index (χ3v) is 13.5. The van der Waals surface area contributed by atoms with E-state index < -0.39 is 114 Å². The van der Waals surface area contributed by atoms with Crippen molar-refractivity contribution in [2.75, 3.05) is 65.0 Å². The van der Waals surface area contributed by atoms with E-state index in [1.54, 1.807) is 18.3 Å². The lowest BCUT2D eigenvalue weighted by molar-refractivity contribution is -0.239. The van der Waals surface area contributed by atoms with Gasteiger partial charge in [-0.05, 0) is 82.1 Å². The Bertz CT molecular complexity index is 2790. The van der Waals surface area contributed by atoms with Crippen molar-refractivity contribution in [1.82, 2.24) is 41.3 Å². The van der Waals surface area contributed by atoms with Crippen LogP contribution in [0.5, 0.6) is 0 Å². The fourth-order valence-corrected chi connectivity index (χ4v) is 8.20. The second kappa shape index (κ2) is 25.1. The van der Waals surface area contributed by atoms with Gasteiger partial charge in [-0.1, -0.05) is 24.0 Å². The quantitative estimate of drug-likeness (QED) is 0.0440. The second-order valence-electron chi connectivity index (χ2n) is 19.6. The minimum Gasteiger partial charge on any atom is -0.453 e. The number of carbonyl (C=O) groups is 4. The number of nitrogens with one attached hydrogen (secondary N) is 4. The summed E-state index contributed by atoms with van der Waals surface area (Å²) < 4.78 is 148. The van der Waals surface area contributed by atoms with E-state index in [4.69, 9.17) is 9.47 Å². The number of halogens is 9. The fraction of sp³-hybridized carbons (Fsp3) is 0.462. The Kier molecular flexibility index (Phi) is 19.3. The first-order chi connectivity index (χ1) is 36.6. The van der Waals surface area contributed by atoms with E-state index in [0.29, 0.717) is 49.9 Å². The van der Waals surface area contributed by atoms with Crippen LogP contribution >= 0.6 is 0 Å². The SMILES string of the molecule is CNC(=O)O[C@H](C(=O)NN(Cc1c(F)cc(-c2cc(F)ccn2)cc1F)C[C@H](O)[C@H](Cc1ccc(C#Cc2ccc(N3CCN(C4COC4)CC3)nc2)cc1)NC(=O)[C@@H](NC(=O)OC)C(C)(C)C(F)(F)F)C(C)(C)C(F)(F)F. The van der Waals surface area contributed by atoms with E-state index in [0.717, 1.165) is 89.8 Å². The predicted molar refractivity (Wildman–Crippen MR) is 263 cm³/mol. The maximum Gasteiger partial charge on any atom is 0.407 e. The lowest BCUT2D eigenvalue weighted by Crippen LogP contribution is -2.62. The van der Waals surface area contributed by atoms with E-state index in [9.17, 15) is 55.0 Å². The monoisotopic (exact) mass is 1110 g/mol. The molecular formula is C52H58F9N9O8. The van der Waals surface area contributed by atoms with Gasteiger partial charge in [-0.3, -0.25) is 24.9 Å². The number of aliphatic hydroxyl groups is 1. The molecule has 78 heavy (non-hydrogen) atoms. The summed E-state index contributed by atoms with van der Waals surface area (Å²) in [6, 6.07) is 9.31. The number of rotatable bonds is 18. The highest BCUT2D eigenvalue weighted by atomic mass is 19.4. The molecule has 0 saturated carbocycles. The molecule has 2 fully saturated rings. The minimum atomic E-state index is -5.24. The van der Waals surface area contributed by atoms with Gasteiger partial charge < -0.3 is 40.2 Å². The molecule has 0 radical (unpaired) electrons. The van der Waals surface area contributed by atoms with Crippen molar-refractivity contribution in [2.24, 2.45) is 10.8 Å². The molecule has 0 aliphatic carbocycles. The maximum absolute atomic E-state index is 16.0. The summed E-state index contributed by atoms with van der Waals surface area (Å²) in [4.78, 5) is 65.8. The Morgan fingerprint density at radius 3 is 1.96 bits per heavy atom. The van der Waals surface area contributed by atoms with Gasteiger partial charge in [0.2, 0.25) is 5.91 Å². The van der Waals surface area contributed by atoms with Crippen LogP contribution in [-0.2, 0) is 36.8 Å². The number of aromatic nitrogens is 2. The number of carbonyl (C=O) groups excluding carboxylic acids is 4. The van der Waals surface area contributed by atoms with Crippen molar-refractivity contribution < 1.29 is 78.0 Å². The number of amides is 4. The Morgan fingerprint density at radius 2 is 1.42 bits per heavy atom. The summed E-state index contributed by atoms with van der Waals surface area (Å²) in [5.41, 5.74) is -4.20. The maximum atomic E-state index is 16.0. The molecule has 4 atom stereocenters. The van der Waals surface area contributed by atoms with Crippen LogP contribution in [0.15, 0.2) is 73.1 Å². The highest BCUT2D eigenvalue weighted by Crippen LogP contribution is 2.43. The fourth-order valence-electron chi connectivity index (χ4n) is 8.20. The number of alkyl carbamates (subject to hydrolysis) is 2. The van der Waals surface area contributed by atoms with Crippen molar-refractivity contribution in [2.45, 2.75) is 83.3 Å². The van der Waals surface area contributed by atoms with Crippen LogP contribution in [0.2, 0.25) is 0 Å². The van der Waals surface area contributed by atoms with Gasteiger partial charge in [0.25, 0.3) is 5.91 Å². The molecule has 26 heteroatoms. The van der Waals surface area contributed by atoms with E-state index in [2.05, 4.69) is 41.7 Å². The van der Waals surface area contributed by atoms with E-state index in [-0.39, 0.29) is 16.8 Å². The largest absolute Gasteiger partial charge is 0.453 e. The number of nitrogens with zero attached hydrogens (tertiary/aromatic N) is 5. The summed E-state index contributed by atoms with van der Waals surface area (Å²) in [6.45, 7) is 4.83. The van der Waals surface area contributed by atoms with Crippen LogP contribution in [0.25, 0.3) is 11.3 Å². The molecule has 5 N–H and O–H groups in total. The van der Waals surface area contributed by atoms with E-state index in [1.165, 1.54) is 12.1 Å². The Hall–Kier alpha value is -7.21. The van der Waals surface area contributed by atoms with Crippen LogP contribution in [0.4, 0.5) is 54.9 Å². The molecule has 0 bridgehead atoms. The highest BCUT2D eigenvalue weighted by molar-refractivity contribution is 5.87. The summed E-state index contributed by atoms with van der Waals surface area (Å²) in [5, 5.41) is 18.6. The number of benzene rings is 2. The van der Waals surface area contributed by atoms with Gasteiger partial charge in [-0.25, -0.2) is 32.8 Å². The smallest absolute Gasteiger partial charge is 0.407 e. The molecule has 6 rings (SSSR count). The lowest BCUT2D eigenvalue weighted by atomic mass is 9.82. The third-order valence-electron chi connectivity index (χ3n) is 13.5. The number of aliphatic hydroxyl groups excluding tert-OH is 1. The molecule has 2 saturated heterocycles. The van der Waals surface area contributed by atoms with Gasteiger partial charge in [-0.2, -0.15) is 26.3 Å². The van der Waals surface area contributed by atoms with Gasteiger partial charge >= 0.3 is 24.5 Å². The molecule has 0 unspecified atom stereocenters. The highest BCUT2D eigenvalue weighted by Gasteiger charge is 2.58. The lowest BCUT2D eigenvalue weighted by Gasteiger charge is -2.42. The minimum absolute atomic E-state index is 0.210. The molecule has 2 aliphatic heterocycles. The van der Waals surface area contributed by atoms with E-state index in [1.807, 2.05) is 28.2 Å². The number of piperazine rings is 1. The van der Waals surface area contributed by atoms with Crippen molar-refractivity contribution in [3.8, 4) is 23.1 Å². The van der Waals surface area contributed by atoms with E-state index >= 15 is 8.78 Å². The van der Waals surface area contributed by atoms with Gasteiger partial charge in [0, 0.05) is 87.0 Å². The average molecular weight is 1110 g/mol. The van der Waals surface area contributed by atoms with Crippen LogP contribution in [0.1, 0.15) is 49.9 Å². The van der Waals surface area contributed by atoms with Crippen molar-refractivity contribution >= 4 is 29.8 Å². The number of hydrogen-bond acceptors (Lipinski definition) is 13. The Labute approximate surface area is 443 Å². The van der Waals surface area contributed by atoms with Crippen molar-refractivity contribution in [3.05, 3.63) is 113 Å². The zero-order valence-electron chi connectivity index (χ0n) is 43.1. The molecule has 2 aromatic carbocycles. The Balaban J connectivity index is 1.32. The van der Waals surface area contributed by atoms with Crippen LogP contribution in [0, 0.1) is 40.1 Å². The molecular weight excluding hydrogens is 1050 g/mol. The number of hydrazine groups is 1.